The van der Waals surface area contributed by atoms with Crippen molar-refractivity contribution in [1.29, 1.82) is 0 Å². The molecule has 398 valence electrons. The molecule has 0 aromatic heterocycles. The highest BCUT2D eigenvalue weighted by molar-refractivity contribution is 5.85. The molecule has 0 atom stereocenters. The van der Waals surface area contributed by atoms with E-state index in [2.05, 4.69) is 249 Å². The van der Waals surface area contributed by atoms with Crippen LogP contribution in [0.15, 0.2) is 115 Å². The molecule has 0 nitrogen and oxygen atoms in total. The van der Waals surface area contributed by atoms with Crippen LogP contribution in [-0.2, 0) is 0 Å². The van der Waals surface area contributed by atoms with Gasteiger partial charge in [0.1, 0.15) is 0 Å². The highest BCUT2D eigenvalue weighted by Gasteiger charge is 2.15. The van der Waals surface area contributed by atoms with E-state index in [-0.39, 0.29) is 14.4 Å². The molecule has 68 heavy (non-hydrogen) atoms. The molecule has 0 spiro atoms. The van der Waals surface area contributed by atoms with Gasteiger partial charge in [0.25, 0.3) is 0 Å². The van der Waals surface area contributed by atoms with Gasteiger partial charge in [0.2, 0.25) is 0 Å². The first kappa shape index (κ1) is 81.4. The molecule has 0 heterocycles. The van der Waals surface area contributed by atoms with E-state index in [1.807, 2.05) is 32.0 Å². The number of rotatable bonds is 5. The summed E-state index contributed by atoms with van der Waals surface area (Å²) in [7, 11) is 0. The number of benzene rings is 5. The van der Waals surface area contributed by atoms with E-state index in [4.69, 9.17) is 0 Å². The van der Waals surface area contributed by atoms with Crippen LogP contribution in [0.5, 0.6) is 0 Å². The lowest BCUT2D eigenvalue weighted by Crippen LogP contribution is -1.95. The molecule has 0 saturated heterocycles. The third-order valence-corrected chi connectivity index (χ3v) is 7.69. The summed E-state index contributed by atoms with van der Waals surface area (Å²) >= 11 is 0. The van der Waals surface area contributed by atoms with Crippen molar-refractivity contribution in [1.82, 2.24) is 0 Å². The molecule has 0 amide bonds. The molecule has 0 aliphatic rings. The minimum atomic E-state index is -4.00. The Morgan fingerprint density at radius 2 is 0.735 bits per heavy atom. The van der Waals surface area contributed by atoms with Gasteiger partial charge in [-0.15, -0.1) is 0 Å². The first-order chi connectivity index (χ1) is 31.1. The van der Waals surface area contributed by atoms with E-state index in [0.717, 1.165) is 17.8 Å². The number of fused-ring (bicyclic) bond motifs is 2. The van der Waals surface area contributed by atoms with Gasteiger partial charge in [-0.3, -0.25) is 0 Å². The Morgan fingerprint density at radius 3 is 1.01 bits per heavy atom. The Kier molecular flexibility index (Phi) is 69.1. The minimum Gasteiger partial charge on any atom is -0.172 e. The molecule has 5 aromatic rings. The van der Waals surface area contributed by atoms with E-state index >= 15 is 0 Å². The summed E-state index contributed by atoms with van der Waals surface area (Å²) in [6.45, 7) is 52.1. The maximum Gasteiger partial charge on any atom is 0.386 e. The second-order valence-corrected chi connectivity index (χ2v) is 19.5. The average Bonchev–Trinajstić information content (AvgIpc) is 3.25. The van der Waals surface area contributed by atoms with Crippen molar-refractivity contribution in [3.8, 4) is 0 Å². The first-order valence-corrected chi connectivity index (χ1v) is 26.1. The van der Waals surface area contributed by atoms with Gasteiger partial charge in [0.15, 0.2) is 0 Å². The number of unbranched alkanes of at least 4 members (excludes halogenated alkanes) is 3. The quantitative estimate of drug-likeness (QED) is 0.165. The Morgan fingerprint density at radius 1 is 0.426 bits per heavy atom. The zero-order valence-corrected chi connectivity index (χ0v) is 49.0. The number of halogens is 3. The lowest BCUT2D eigenvalue weighted by molar-refractivity contribution is -0.110. The number of alkyl halides is 3. The molecule has 0 aliphatic heterocycles. The number of hydrogen-bond donors (Lipinski definition) is 0. The van der Waals surface area contributed by atoms with Gasteiger partial charge in [-0.1, -0.05) is 331 Å². The number of aryl methyl sites for hydroxylation is 3. The van der Waals surface area contributed by atoms with E-state index in [0.29, 0.717) is 5.41 Å². The fraction of sp³-hybridized carbons (Fsp3) is 0.600. The Bertz CT molecular complexity index is 1590. The molecular weight excluding hydrogens is 838 g/mol. The van der Waals surface area contributed by atoms with Crippen LogP contribution in [0.4, 0.5) is 13.2 Å². The van der Waals surface area contributed by atoms with Gasteiger partial charge in [-0.05, 0) is 71.0 Å². The molecule has 0 saturated carbocycles. The topological polar surface area (TPSA) is 0 Å². The lowest BCUT2D eigenvalue weighted by Gasteiger charge is -2.05. The molecular formula is C65H117F3. The average molecular weight is 956 g/mol. The SMILES string of the molecule is C.CC.CC(C)(C)C.CC(C)C.CC(F)(F)F.CCC.CCC(C)C.CCC(C)C.CCCC.CCCCC.Cc1ccc2ccccc2c1.Cc1cccc2ccccc12.Cc1ccccc1. The van der Waals surface area contributed by atoms with Crippen molar-refractivity contribution in [3.63, 3.8) is 0 Å². The molecule has 0 bridgehead atoms. The summed E-state index contributed by atoms with van der Waals surface area (Å²) in [5.41, 5.74) is 4.49. The van der Waals surface area contributed by atoms with Crippen molar-refractivity contribution >= 4 is 21.5 Å². The molecule has 0 fully saturated rings. The van der Waals surface area contributed by atoms with Crippen LogP contribution in [0.3, 0.4) is 0 Å². The summed E-state index contributed by atoms with van der Waals surface area (Å²) < 4.78 is 31.1. The van der Waals surface area contributed by atoms with Crippen molar-refractivity contribution < 1.29 is 13.2 Å². The maximum atomic E-state index is 10.4. The predicted octanol–water partition coefficient (Wildman–Crippen LogP) is 24.8. The monoisotopic (exact) mass is 955 g/mol. The maximum absolute atomic E-state index is 10.4. The van der Waals surface area contributed by atoms with Crippen LogP contribution in [-0.4, -0.2) is 6.18 Å². The smallest absolute Gasteiger partial charge is 0.172 e. The van der Waals surface area contributed by atoms with Crippen molar-refractivity contribution in [2.24, 2.45) is 23.2 Å². The fourth-order valence-electron chi connectivity index (χ4n) is 3.58. The molecule has 0 N–H and O–H groups in total. The molecule has 0 unspecified atom stereocenters. The highest BCUT2D eigenvalue weighted by atomic mass is 19.4. The summed E-state index contributed by atoms with van der Waals surface area (Å²) in [5, 5.41) is 5.33. The van der Waals surface area contributed by atoms with E-state index in [1.54, 1.807) is 0 Å². The van der Waals surface area contributed by atoms with Crippen LogP contribution >= 0.6 is 0 Å². The van der Waals surface area contributed by atoms with Crippen molar-refractivity contribution in [2.75, 3.05) is 0 Å². The van der Waals surface area contributed by atoms with Crippen LogP contribution in [0.25, 0.3) is 21.5 Å². The summed E-state index contributed by atoms with van der Waals surface area (Å²) in [5.74, 6) is 2.60. The van der Waals surface area contributed by atoms with Gasteiger partial charge in [-0.25, -0.2) is 0 Å². The first-order valence-electron chi connectivity index (χ1n) is 26.1. The predicted molar refractivity (Wildman–Crippen MR) is 316 cm³/mol. The molecule has 5 rings (SSSR count). The third-order valence-electron chi connectivity index (χ3n) is 7.69. The zero-order valence-electron chi connectivity index (χ0n) is 49.0. The highest BCUT2D eigenvalue weighted by Crippen LogP contribution is 2.17. The van der Waals surface area contributed by atoms with Gasteiger partial charge in [0.05, 0.1) is 0 Å². The molecule has 5 aromatic carbocycles. The Balaban J connectivity index is -0.0000000993. The largest absolute Gasteiger partial charge is 0.386 e. The van der Waals surface area contributed by atoms with Crippen molar-refractivity contribution in [3.05, 3.63) is 132 Å². The summed E-state index contributed by atoms with van der Waals surface area (Å²) in [6, 6.07) is 40.0. The van der Waals surface area contributed by atoms with Gasteiger partial charge < -0.3 is 0 Å². The molecule has 0 radical (unpaired) electrons. The van der Waals surface area contributed by atoms with Crippen LogP contribution in [0.1, 0.15) is 228 Å². The third kappa shape index (κ3) is 85.7. The lowest BCUT2D eigenvalue weighted by atomic mass is 10.0. The van der Waals surface area contributed by atoms with Gasteiger partial charge in [-0.2, -0.15) is 13.2 Å². The standard InChI is InChI=1S/2C11H10.C7H8.4C5H12.2C4H10.C3H8.C2H3F3.C2H6.CH4/c1-9-5-4-7-10-6-2-3-8-11(9)10;1-9-6-7-10-4-2-3-5-11(10)8-9;1-7-5-3-2-4-6-7;1-5(2,3)4;2*1-4-5(2)3;1-3-5-4-2;1-4(2)3;1-3-4-2;1-3-2;1-2(3,4)5;1-2;/h2*2-8H,1H3;2-6H,1H3;1-4H3;2*5H,4H2,1-3H3;3-5H2,1-2H3;4H,1-3H3;3-4H2,1-2H3;3H2,1-2H3;1H3;1-2H3;1H4. The zero-order chi connectivity index (χ0) is 53.9. The van der Waals surface area contributed by atoms with E-state index in [9.17, 15) is 13.2 Å². The second-order valence-electron chi connectivity index (χ2n) is 19.5. The van der Waals surface area contributed by atoms with Crippen LogP contribution < -0.4 is 0 Å². The molecule has 0 aliphatic carbocycles. The minimum absolute atomic E-state index is 0. The second kappa shape index (κ2) is 57.7. The van der Waals surface area contributed by atoms with Crippen molar-refractivity contribution in [2.45, 2.75) is 238 Å². The summed E-state index contributed by atoms with van der Waals surface area (Å²) in [4.78, 5) is 0. The normalized spacial score (nSPS) is 9.34. The van der Waals surface area contributed by atoms with Crippen LogP contribution in [0.2, 0.25) is 0 Å². The Labute approximate surface area is 426 Å². The van der Waals surface area contributed by atoms with E-state index in [1.165, 1.54) is 89.6 Å². The summed E-state index contributed by atoms with van der Waals surface area (Å²) in [6.07, 6.45) is 6.58. The Hall–Kier alpha value is -3.59. The van der Waals surface area contributed by atoms with E-state index < -0.39 is 6.18 Å². The molecule has 3 heteroatoms. The fourth-order valence-corrected chi connectivity index (χ4v) is 3.58. The van der Waals surface area contributed by atoms with Gasteiger partial charge >= 0.3 is 6.18 Å². The van der Waals surface area contributed by atoms with Crippen LogP contribution in [0, 0.1) is 43.9 Å². The number of hydrogen-bond acceptors (Lipinski definition) is 0. The van der Waals surface area contributed by atoms with Gasteiger partial charge in [0, 0.05) is 6.92 Å².